The average Bonchev–Trinajstić information content (AvgIpc) is 2.66. The van der Waals surface area contributed by atoms with E-state index < -0.39 is 5.97 Å². The molecule has 2 atom stereocenters. The predicted octanol–water partition coefficient (Wildman–Crippen LogP) is 2.88. The lowest BCUT2D eigenvalue weighted by atomic mass is 10.0. The quantitative estimate of drug-likeness (QED) is 0.932. The van der Waals surface area contributed by atoms with E-state index in [4.69, 9.17) is 5.11 Å². The van der Waals surface area contributed by atoms with Gasteiger partial charge in [0, 0.05) is 12.6 Å². The molecule has 18 heavy (non-hydrogen) atoms. The molecular formula is C13H15BrFNO2. The van der Waals surface area contributed by atoms with Crippen molar-refractivity contribution in [1.82, 2.24) is 4.90 Å². The minimum atomic E-state index is -0.744. The fourth-order valence-corrected chi connectivity index (χ4v) is 2.68. The summed E-state index contributed by atoms with van der Waals surface area (Å²) >= 11 is 3.12. The Kier molecular flexibility index (Phi) is 4.02. The predicted molar refractivity (Wildman–Crippen MR) is 69.7 cm³/mol. The van der Waals surface area contributed by atoms with Gasteiger partial charge in [0.05, 0.1) is 10.4 Å². The number of carbonyl (C=O) groups is 1. The SMILES string of the molecule is CC1C(C(=O)O)CCN1Cc1ccc(Br)c(F)c1. The fourth-order valence-electron chi connectivity index (χ4n) is 2.43. The smallest absolute Gasteiger partial charge is 0.308 e. The summed E-state index contributed by atoms with van der Waals surface area (Å²) in [6.07, 6.45) is 0.662. The molecule has 1 aliphatic heterocycles. The van der Waals surface area contributed by atoms with Gasteiger partial charge in [0.25, 0.3) is 0 Å². The van der Waals surface area contributed by atoms with Crippen LogP contribution < -0.4 is 0 Å². The summed E-state index contributed by atoms with van der Waals surface area (Å²) in [5.41, 5.74) is 0.869. The van der Waals surface area contributed by atoms with Crippen LogP contribution in [0.25, 0.3) is 0 Å². The molecule has 1 saturated heterocycles. The molecule has 3 nitrogen and oxygen atoms in total. The van der Waals surface area contributed by atoms with Crippen LogP contribution in [0.5, 0.6) is 0 Å². The largest absolute Gasteiger partial charge is 0.481 e. The Labute approximate surface area is 114 Å². The summed E-state index contributed by atoms with van der Waals surface area (Å²) in [6.45, 7) is 3.26. The zero-order valence-electron chi connectivity index (χ0n) is 10.1. The minimum Gasteiger partial charge on any atom is -0.481 e. The lowest BCUT2D eigenvalue weighted by molar-refractivity contribution is -0.142. The highest BCUT2D eigenvalue weighted by Crippen LogP contribution is 2.26. The van der Waals surface area contributed by atoms with E-state index in [0.717, 1.165) is 12.1 Å². The van der Waals surface area contributed by atoms with Gasteiger partial charge in [-0.1, -0.05) is 6.07 Å². The molecule has 0 amide bonds. The number of hydrogen-bond donors (Lipinski definition) is 1. The Balaban J connectivity index is 2.06. The molecule has 1 aliphatic rings. The first-order valence-electron chi connectivity index (χ1n) is 5.90. The van der Waals surface area contributed by atoms with Gasteiger partial charge in [-0.05, 0) is 53.5 Å². The summed E-state index contributed by atoms with van der Waals surface area (Å²) in [7, 11) is 0. The Morgan fingerprint density at radius 2 is 2.33 bits per heavy atom. The highest BCUT2D eigenvalue weighted by atomic mass is 79.9. The third-order valence-corrected chi connectivity index (χ3v) is 4.22. The molecule has 0 spiro atoms. The Morgan fingerprint density at radius 1 is 1.61 bits per heavy atom. The molecule has 5 heteroatoms. The topological polar surface area (TPSA) is 40.5 Å². The van der Waals surface area contributed by atoms with Gasteiger partial charge in [-0.25, -0.2) is 4.39 Å². The maximum absolute atomic E-state index is 13.4. The van der Waals surface area contributed by atoms with Crippen LogP contribution in [0.4, 0.5) is 4.39 Å². The zero-order valence-corrected chi connectivity index (χ0v) is 11.7. The standard InChI is InChI=1S/C13H15BrFNO2/c1-8-10(13(17)18)4-5-16(8)7-9-2-3-11(14)12(15)6-9/h2-3,6,8,10H,4-5,7H2,1H3,(H,17,18). The molecule has 1 heterocycles. The number of hydrogen-bond acceptors (Lipinski definition) is 2. The van der Waals surface area contributed by atoms with Crippen molar-refractivity contribution >= 4 is 21.9 Å². The first-order valence-corrected chi connectivity index (χ1v) is 6.69. The van der Waals surface area contributed by atoms with E-state index in [1.165, 1.54) is 6.07 Å². The molecule has 1 aromatic rings. The van der Waals surface area contributed by atoms with Crippen molar-refractivity contribution in [3.05, 3.63) is 34.1 Å². The molecule has 0 aliphatic carbocycles. The van der Waals surface area contributed by atoms with Crippen molar-refractivity contribution in [3.8, 4) is 0 Å². The molecule has 1 N–H and O–H groups in total. The fraction of sp³-hybridized carbons (Fsp3) is 0.462. The summed E-state index contributed by atoms with van der Waals surface area (Å²) in [4.78, 5) is 13.1. The van der Waals surface area contributed by atoms with E-state index in [9.17, 15) is 9.18 Å². The van der Waals surface area contributed by atoms with Crippen molar-refractivity contribution in [1.29, 1.82) is 0 Å². The third-order valence-electron chi connectivity index (χ3n) is 3.57. The van der Waals surface area contributed by atoms with Crippen LogP contribution in [0.2, 0.25) is 0 Å². The Hall–Kier alpha value is -0.940. The first kappa shape index (κ1) is 13.5. The second-order valence-electron chi connectivity index (χ2n) is 4.69. The second kappa shape index (κ2) is 5.36. The van der Waals surface area contributed by atoms with Crippen molar-refractivity contribution < 1.29 is 14.3 Å². The van der Waals surface area contributed by atoms with Gasteiger partial charge in [-0.2, -0.15) is 0 Å². The third kappa shape index (κ3) is 2.72. The molecule has 0 saturated carbocycles. The van der Waals surface area contributed by atoms with Gasteiger partial charge in [-0.15, -0.1) is 0 Å². The number of aliphatic carboxylic acids is 1. The van der Waals surface area contributed by atoms with Gasteiger partial charge >= 0.3 is 5.97 Å². The van der Waals surface area contributed by atoms with E-state index in [1.807, 2.05) is 13.0 Å². The maximum atomic E-state index is 13.4. The van der Waals surface area contributed by atoms with Gasteiger partial charge in [-0.3, -0.25) is 9.69 Å². The highest BCUT2D eigenvalue weighted by Gasteiger charge is 2.35. The van der Waals surface area contributed by atoms with E-state index in [2.05, 4.69) is 20.8 Å². The summed E-state index contributed by atoms with van der Waals surface area (Å²) in [5.74, 6) is -1.34. The van der Waals surface area contributed by atoms with Gasteiger partial charge in [0.1, 0.15) is 5.82 Å². The molecule has 0 bridgehead atoms. The average molecular weight is 316 g/mol. The van der Waals surface area contributed by atoms with Crippen LogP contribution in [0, 0.1) is 11.7 Å². The van der Waals surface area contributed by atoms with Crippen LogP contribution >= 0.6 is 15.9 Å². The number of nitrogens with zero attached hydrogens (tertiary/aromatic N) is 1. The van der Waals surface area contributed by atoms with Gasteiger partial charge in [0.15, 0.2) is 0 Å². The van der Waals surface area contributed by atoms with Gasteiger partial charge < -0.3 is 5.11 Å². The molecule has 1 fully saturated rings. The van der Waals surface area contributed by atoms with E-state index in [-0.39, 0.29) is 17.8 Å². The van der Waals surface area contributed by atoms with Gasteiger partial charge in [0.2, 0.25) is 0 Å². The van der Waals surface area contributed by atoms with Crippen molar-refractivity contribution in [2.24, 2.45) is 5.92 Å². The summed E-state index contributed by atoms with van der Waals surface area (Å²) in [6, 6.07) is 5.02. The number of halogens is 2. The molecule has 2 unspecified atom stereocenters. The van der Waals surface area contributed by atoms with Crippen molar-refractivity contribution in [3.63, 3.8) is 0 Å². The van der Waals surface area contributed by atoms with Crippen LogP contribution in [0.15, 0.2) is 22.7 Å². The van der Waals surface area contributed by atoms with Crippen molar-refractivity contribution in [2.45, 2.75) is 25.9 Å². The number of likely N-dealkylation sites (tertiary alicyclic amines) is 1. The number of carboxylic acids is 1. The van der Waals surface area contributed by atoms with Crippen LogP contribution in [0.1, 0.15) is 18.9 Å². The van der Waals surface area contributed by atoms with E-state index in [1.54, 1.807) is 6.07 Å². The van der Waals surface area contributed by atoms with Crippen molar-refractivity contribution in [2.75, 3.05) is 6.54 Å². The monoisotopic (exact) mass is 315 g/mol. The normalized spacial score (nSPS) is 24.4. The molecule has 98 valence electrons. The molecule has 0 aromatic heterocycles. The molecule has 0 radical (unpaired) electrons. The Morgan fingerprint density at radius 3 is 2.89 bits per heavy atom. The second-order valence-corrected chi connectivity index (χ2v) is 5.55. The lowest BCUT2D eigenvalue weighted by Gasteiger charge is -2.23. The zero-order chi connectivity index (χ0) is 13.3. The molecule has 1 aromatic carbocycles. The van der Waals surface area contributed by atoms with E-state index >= 15 is 0 Å². The maximum Gasteiger partial charge on any atom is 0.308 e. The number of benzene rings is 1. The minimum absolute atomic E-state index is 0.00536. The van der Waals surface area contributed by atoms with Crippen LogP contribution in [-0.2, 0) is 11.3 Å². The Bertz CT molecular complexity index is 466. The number of rotatable bonds is 3. The summed E-state index contributed by atoms with van der Waals surface area (Å²) in [5, 5.41) is 9.06. The van der Waals surface area contributed by atoms with Crippen LogP contribution in [0.3, 0.4) is 0 Å². The van der Waals surface area contributed by atoms with Crippen LogP contribution in [-0.4, -0.2) is 28.6 Å². The lowest BCUT2D eigenvalue weighted by Crippen LogP contribution is -2.32. The summed E-state index contributed by atoms with van der Waals surface area (Å²) < 4.78 is 13.8. The number of carboxylic acid groups (broad SMARTS) is 1. The highest BCUT2D eigenvalue weighted by molar-refractivity contribution is 9.10. The van der Waals surface area contributed by atoms with E-state index in [0.29, 0.717) is 17.4 Å². The molecule has 2 rings (SSSR count). The first-order chi connectivity index (χ1) is 8.49. The molecular weight excluding hydrogens is 301 g/mol.